The second kappa shape index (κ2) is 6.22. The largest absolute Gasteiger partial charge is 0.380 e. The van der Waals surface area contributed by atoms with E-state index in [1.165, 1.54) is 0 Å². The van der Waals surface area contributed by atoms with Crippen molar-refractivity contribution in [3.05, 3.63) is 25.9 Å². The molecule has 84 valence electrons. The van der Waals surface area contributed by atoms with E-state index in [0.29, 0.717) is 16.7 Å². The van der Waals surface area contributed by atoms with Crippen LogP contribution in [0.15, 0.2) is 11.1 Å². The Kier molecular flexibility index (Phi) is 5.24. The maximum atomic E-state index is 11.7. The van der Waals surface area contributed by atoms with Crippen LogP contribution >= 0.6 is 22.6 Å². The molecular weight excluding hydrogens is 307 g/mol. The summed E-state index contributed by atoms with van der Waals surface area (Å²) in [4.78, 5) is 15.9. The van der Waals surface area contributed by atoms with Crippen molar-refractivity contribution in [2.45, 2.75) is 26.8 Å². The second-order valence-electron chi connectivity index (χ2n) is 3.25. The third-order valence-corrected chi connectivity index (χ3v) is 3.22. The Morgan fingerprint density at radius 3 is 2.93 bits per heavy atom. The lowest BCUT2D eigenvalue weighted by molar-refractivity contribution is 0.126. The van der Waals surface area contributed by atoms with Crippen molar-refractivity contribution in [2.24, 2.45) is 0 Å². The number of aryl methyl sites for hydroxylation is 1. The van der Waals surface area contributed by atoms with Crippen LogP contribution < -0.4 is 5.56 Å². The molecule has 1 aromatic rings. The SMILES string of the molecule is CCCOCCn1cnc(C)c(I)c1=O. The monoisotopic (exact) mass is 322 g/mol. The summed E-state index contributed by atoms with van der Waals surface area (Å²) in [6, 6.07) is 0. The fourth-order valence-corrected chi connectivity index (χ4v) is 1.56. The number of rotatable bonds is 5. The van der Waals surface area contributed by atoms with Crippen LogP contribution in [0.2, 0.25) is 0 Å². The highest BCUT2D eigenvalue weighted by molar-refractivity contribution is 14.1. The first-order valence-electron chi connectivity index (χ1n) is 4.96. The minimum Gasteiger partial charge on any atom is -0.380 e. The fraction of sp³-hybridized carbons (Fsp3) is 0.600. The first-order chi connectivity index (χ1) is 7.16. The van der Waals surface area contributed by atoms with Crippen LogP contribution in [-0.4, -0.2) is 22.8 Å². The van der Waals surface area contributed by atoms with Gasteiger partial charge in [-0.25, -0.2) is 4.98 Å². The van der Waals surface area contributed by atoms with E-state index >= 15 is 0 Å². The molecule has 5 heteroatoms. The van der Waals surface area contributed by atoms with Gasteiger partial charge in [0, 0.05) is 6.61 Å². The van der Waals surface area contributed by atoms with Crippen LogP contribution in [0, 0.1) is 10.5 Å². The summed E-state index contributed by atoms with van der Waals surface area (Å²) in [5, 5.41) is 0. The summed E-state index contributed by atoms with van der Waals surface area (Å²) < 4.78 is 7.60. The molecule has 0 saturated carbocycles. The molecule has 1 aromatic heterocycles. The van der Waals surface area contributed by atoms with Crippen molar-refractivity contribution in [1.29, 1.82) is 0 Å². The molecule has 0 aliphatic rings. The summed E-state index contributed by atoms with van der Waals surface area (Å²) in [6.07, 6.45) is 2.58. The van der Waals surface area contributed by atoms with Crippen LogP contribution in [-0.2, 0) is 11.3 Å². The molecule has 0 aliphatic carbocycles. The van der Waals surface area contributed by atoms with E-state index in [-0.39, 0.29) is 5.56 Å². The number of nitrogens with zero attached hydrogens (tertiary/aromatic N) is 2. The maximum Gasteiger partial charge on any atom is 0.267 e. The summed E-state index contributed by atoms with van der Waals surface area (Å²) in [6.45, 7) is 5.77. The summed E-state index contributed by atoms with van der Waals surface area (Å²) in [5.41, 5.74) is 0.800. The molecule has 0 saturated heterocycles. The highest BCUT2D eigenvalue weighted by atomic mass is 127. The molecule has 0 atom stereocenters. The Balaban J connectivity index is 2.63. The molecule has 0 aromatic carbocycles. The van der Waals surface area contributed by atoms with Gasteiger partial charge in [0.2, 0.25) is 0 Å². The molecule has 15 heavy (non-hydrogen) atoms. The van der Waals surface area contributed by atoms with Crippen molar-refractivity contribution < 1.29 is 4.74 Å². The molecule has 4 nitrogen and oxygen atoms in total. The molecule has 1 rings (SSSR count). The topological polar surface area (TPSA) is 44.1 Å². The average molecular weight is 322 g/mol. The maximum absolute atomic E-state index is 11.7. The van der Waals surface area contributed by atoms with E-state index < -0.39 is 0 Å². The minimum absolute atomic E-state index is 0.0169. The molecule has 1 heterocycles. The van der Waals surface area contributed by atoms with Crippen LogP contribution in [0.3, 0.4) is 0 Å². The van der Waals surface area contributed by atoms with Crippen molar-refractivity contribution in [3.63, 3.8) is 0 Å². The number of halogens is 1. The summed E-state index contributed by atoms with van der Waals surface area (Å²) >= 11 is 2.03. The Morgan fingerprint density at radius 1 is 1.53 bits per heavy atom. The molecular formula is C10H15IN2O2. The summed E-state index contributed by atoms with van der Waals surface area (Å²) in [7, 11) is 0. The third-order valence-electron chi connectivity index (χ3n) is 1.98. The lowest BCUT2D eigenvalue weighted by Gasteiger charge is -2.07. The predicted octanol–water partition coefficient (Wildman–Crippen LogP) is 1.58. The molecule has 0 unspecified atom stereocenters. The van der Waals surface area contributed by atoms with E-state index in [0.717, 1.165) is 18.7 Å². The van der Waals surface area contributed by atoms with E-state index in [2.05, 4.69) is 11.9 Å². The lowest BCUT2D eigenvalue weighted by Crippen LogP contribution is -2.25. The van der Waals surface area contributed by atoms with Crippen LogP contribution in [0.5, 0.6) is 0 Å². The van der Waals surface area contributed by atoms with Crippen molar-refractivity contribution in [1.82, 2.24) is 9.55 Å². The molecule has 0 radical (unpaired) electrons. The van der Waals surface area contributed by atoms with Gasteiger partial charge < -0.3 is 4.74 Å². The number of aromatic nitrogens is 2. The quantitative estimate of drug-likeness (QED) is 0.611. The normalized spacial score (nSPS) is 10.6. The van der Waals surface area contributed by atoms with E-state index in [1.54, 1.807) is 10.9 Å². The summed E-state index contributed by atoms with van der Waals surface area (Å²) in [5.74, 6) is 0. The number of hydrogen-bond acceptors (Lipinski definition) is 3. The van der Waals surface area contributed by atoms with Crippen LogP contribution in [0.1, 0.15) is 19.0 Å². The zero-order chi connectivity index (χ0) is 11.3. The van der Waals surface area contributed by atoms with Gasteiger partial charge in [0.25, 0.3) is 5.56 Å². The van der Waals surface area contributed by atoms with Gasteiger partial charge in [0.1, 0.15) is 0 Å². The van der Waals surface area contributed by atoms with Gasteiger partial charge in [-0.05, 0) is 35.9 Å². The fourth-order valence-electron chi connectivity index (χ4n) is 1.11. The molecule has 0 fully saturated rings. The van der Waals surface area contributed by atoms with Gasteiger partial charge in [-0.3, -0.25) is 9.36 Å². The van der Waals surface area contributed by atoms with Gasteiger partial charge >= 0.3 is 0 Å². The standard InChI is InChI=1S/C10H15IN2O2/c1-3-5-15-6-4-13-7-12-8(2)9(11)10(13)14/h7H,3-6H2,1-2H3. The highest BCUT2D eigenvalue weighted by Gasteiger charge is 2.04. The Bertz CT molecular complexity index is 376. The lowest BCUT2D eigenvalue weighted by atomic mass is 10.4. The smallest absolute Gasteiger partial charge is 0.267 e. The minimum atomic E-state index is 0.0169. The van der Waals surface area contributed by atoms with Gasteiger partial charge in [0.15, 0.2) is 0 Å². The highest BCUT2D eigenvalue weighted by Crippen LogP contribution is 2.00. The van der Waals surface area contributed by atoms with Crippen molar-refractivity contribution in [3.8, 4) is 0 Å². The first-order valence-corrected chi connectivity index (χ1v) is 6.04. The first kappa shape index (κ1) is 12.6. The van der Waals surface area contributed by atoms with Crippen LogP contribution in [0.25, 0.3) is 0 Å². The van der Waals surface area contributed by atoms with E-state index in [1.807, 2.05) is 29.5 Å². The van der Waals surface area contributed by atoms with Crippen molar-refractivity contribution in [2.75, 3.05) is 13.2 Å². The van der Waals surface area contributed by atoms with Crippen molar-refractivity contribution >= 4 is 22.6 Å². The average Bonchev–Trinajstić information content (AvgIpc) is 2.24. The second-order valence-corrected chi connectivity index (χ2v) is 4.33. The van der Waals surface area contributed by atoms with Gasteiger partial charge in [0.05, 0.1) is 28.7 Å². The molecule has 0 amide bonds. The number of hydrogen-bond donors (Lipinski definition) is 0. The zero-order valence-corrected chi connectivity index (χ0v) is 11.2. The molecule has 0 spiro atoms. The molecule has 0 aliphatic heterocycles. The van der Waals surface area contributed by atoms with E-state index in [9.17, 15) is 4.79 Å². The van der Waals surface area contributed by atoms with Gasteiger partial charge in [-0.1, -0.05) is 6.92 Å². The Hall–Kier alpha value is -0.430. The van der Waals surface area contributed by atoms with Gasteiger partial charge in [-0.15, -0.1) is 0 Å². The zero-order valence-electron chi connectivity index (χ0n) is 8.99. The third kappa shape index (κ3) is 3.57. The van der Waals surface area contributed by atoms with Crippen LogP contribution in [0.4, 0.5) is 0 Å². The molecule has 0 bridgehead atoms. The Labute approximate surface area is 103 Å². The number of ether oxygens (including phenoxy) is 1. The Morgan fingerprint density at radius 2 is 2.27 bits per heavy atom. The van der Waals surface area contributed by atoms with Gasteiger partial charge in [-0.2, -0.15) is 0 Å². The van der Waals surface area contributed by atoms with E-state index in [4.69, 9.17) is 4.74 Å². The predicted molar refractivity (Wildman–Crippen MR) is 67.1 cm³/mol. The molecule has 0 N–H and O–H groups in total.